The van der Waals surface area contributed by atoms with Crippen molar-refractivity contribution in [2.45, 2.75) is 37.8 Å². The molecule has 0 radical (unpaired) electrons. The number of halogens is 1. The van der Waals surface area contributed by atoms with Gasteiger partial charge in [0.1, 0.15) is 0 Å². The molecule has 1 aliphatic carbocycles. The van der Waals surface area contributed by atoms with Crippen LogP contribution in [0.3, 0.4) is 0 Å². The molecule has 0 aliphatic heterocycles. The lowest BCUT2D eigenvalue weighted by atomic mass is 9.92. The fourth-order valence-electron chi connectivity index (χ4n) is 2.23. The molecule has 1 aliphatic rings. The minimum atomic E-state index is -0.433. The van der Waals surface area contributed by atoms with E-state index in [1.165, 1.54) is 0 Å². The SMILES string of the molecule is Cl.Nc1ccccc1C(=O)N[C@@H]1CCCC[C@H]1O. The maximum absolute atomic E-state index is 12.0. The molecule has 4 nitrogen and oxygen atoms in total. The van der Waals surface area contributed by atoms with Crippen molar-refractivity contribution < 1.29 is 9.90 Å². The van der Waals surface area contributed by atoms with Crippen LogP contribution >= 0.6 is 12.4 Å². The standard InChI is InChI=1S/C13H18N2O2.ClH/c14-10-6-2-1-5-9(10)13(17)15-11-7-3-4-8-12(11)16;/h1-2,5-6,11-12,16H,3-4,7-8,14H2,(H,15,17);1H/t11-,12-;/m1./s1. The molecule has 100 valence electrons. The number of para-hydroxylation sites is 1. The Hall–Kier alpha value is -1.26. The van der Waals surface area contributed by atoms with Crippen molar-refractivity contribution in [1.82, 2.24) is 5.32 Å². The molecule has 0 unspecified atom stereocenters. The second kappa shape index (κ2) is 6.61. The predicted octanol–water partition coefficient (Wildman–Crippen LogP) is 1.72. The number of aliphatic hydroxyl groups excluding tert-OH is 1. The maximum atomic E-state index is 12.0. The van der Waals surface area contributed by atoms with Crippen LogP contribution in [0.25, 0.3) is 0 Å². The molecule has 5 heteroatoms. The zero-order valence-electron chi connectivity index (χ0n) is 10.1. The lowest BCUT2D eigenvalue weighted by Gasteiger charge is -2.28. The number of anilines is 1. The minimum Gasteiger partial charge on any atom is -0.398 e. The van der Waals surface area contributed by atoms with Gasteiger partial charge in [-0.25, -0.2) is 0 Å². The van der Waals surface area contributed by atoms with Crippen LogP contribution in [-0.4, -0.2) is 23.2 Å². The van der Waals surface area contributed by atoms with Gasteiger partial charge in [0.25, 0.3) is 5.91 Å². The first-order valence-electron chi connectivity index (χ1n) is 6.02. The summed E-state index contributed by atoms with van der Waals surface area (Å²) in [5.74, 6) is -0.200. The van der Waals surface area contributed by atoms with Gasteiger partial charge in [0, 0.05) is 5.69 Å². The number of hydrogen-bond donors (Lipinski definition) is 3. The molecule has 1 aromatic rings. The van der Waals surface area contributed by atoms with Crippen molar-refractivity contribution in [2.24, 2.45) is 0 Å². The van der Waals surface area contributed by atoms with E-state index in [1.54, 1.807) is 24.3 Å². The molecule has 18 heavy (non-hydrogen) atoms. The third-order valence-electron chi connectivity index (χ3n) is 3.25. The number of amides is 1. The van der Waals surface area contributed by atoms with Crippen LogP contribution in [0.15, 0.2) is 24.3 Å². The molecular formula is C13H19ClN2O2. The van der Waals surface area contributed by atoms with E-state index in [1.807, 2.05) is 0 Å². The van der Waals surface area contributed by atoms with E-state index in [0.29, 0.717) is 11.3 Å². The fourth-order valence-corrected chi connectivity index (χ4v) is 2.23. The number of rotatable bonds is 2. The summed E-state index contributed by atoms with van der Waals surface area (Å²) in [5.41, 5.74) is 6.68. The first kappa shape index (κ1) is 14.8. The second-order valence-corrected chi connectivity index (χ2v) is 4.52. The number of nitrogens with two attached hydrogens (primary N) is 1. The number of carbonyl (C=O) groups is 1. The zero-order chi connectivity index (χ0) is 12.3. The van der Waals surface area contributed by atoms with E-state index in [2.05, 4.69) is 5.32 Å². The van der Waals surface area contributed by atoms with Gasteiger partial charge >= 0.3 is 0 Å². The van der Waals surface area contributed by atoms with Gasteiger partial charge in [0.15, 0.2) is 0 Å². The quantitative estimate of drug-likeness (QED) is 0.717. The minimum absolute atomic E-state index is 0. The lowest BCUT2D eigenvalue weighted by Crippen LogP contribution is -2.45. The fraction of sp³-hybridized carbons (Fsp3) is 0.462. The summed E-state index contributed by atoms with van der Waals surface area (Å²) in [6.07, 6.45) is 3.24. The number of carbonyl (C=O) groups excluding carboxylic acids is 1. The van der Waals surface area contributed by atoms with E-state index < -0.39 is 6.10 Å². The Kier molecular flexibility index (Phi) is 5.44. The third-order valence-corrected chi connectivity index (χ3v) is 3.25. The normalized spacial score (nSPS) is 22.9. The van der Waals surface area contributed by atoms with Gasteiger partial charge in [-0.1, -0.05) is 25.0 Å². The third kappa shape index (κ3) is 3.37. The van der Waals surface area contributed by atoms with Gasteiger partial charge in [-0.15, -0.1) is 12.4 Å². The van der Waals surface area contributed by atoms with Gasteiger partial charge in [0.05, 0.1) is 17.7 Å². The van der Waals surface area contributed by atoms with E-state index in [4.69, 9.17) is 5.73 Å². The molecule has 1 amide bonds. The van der Waals surface area contributed by atoms with E-state index in [9.17, 15) is 9.90 Å². The van der Waals surface area contributed by atoms with Crippen molar-refractivity contribution in [1.29, 1.82) is 0 Å². The molecule has 1 saturated carbocycles. The smallest absolute Gasteiger partial charge is 0.253 e. The van der Waals surface area contributed by atoms with Crippen LogP contribution in [0.1, 0.15) is 36.0 Å². The summed E-state index contributed by atoms with van der Waals surface area (Å²) in [7, 11) is 0. The molecule has 1 aromatic carbocycles. The largest absolute Gasteiger partial charge is 0.398 e. The average Bonchev–Trinajstić information content (AvgIpc) is 2.32. The summed E-state index contributed by atoms with van der Waals surface area (Å²) >= 11 is 0. The van der Waals surface area contributed by atoms with Gasteiger partial charge in [-0.05, 0) is 25.0 Å². The molecule has 2 rings (SSSR count). The van der Waals surface area contributed by atoms with Crippen LogP contribution < -0.4 is 11.1 Å². The molecule has 0 heterocycles. The number of hydrogen-bond acceptors (Lipinski definition) is 3. The number of nitrogens with one attached hydrogen (secondary N) is 1. The van der Waals surface area contributed by atoms with E-state index >= 15 is 0 Å². The number of nitrogen functional groups attached to an aromatic ring is 1. The summed E-state index contributed by atoms with van der Waals surface area (Å²) in [4.78, 5) is 12.0. The Morgan fingerprint density at radius 2 is 1.94 bits per heavy atom. The molecule has 4 N–H and O–H groups in total. The highest BCUT2D eigenvalue weighted by Gasteiger charge is 2.25. The Bertz CT molecular complexity index is 412. The molecular weight excluding hydrogens is 252 g/mol. The summed E-state index contributed by atoms with van der Waals surface area (Å²) in [6.45, 7) is 0. The second-order valence-electron chi connectivity index (χ2n) is 4.52. The van der Waals surface area contributed by atoms with Crippen molar-refractivity contribution in [2.75, 3.05) is 5.73 Å². The van der Waals surface area contributed by atoms with Crippen molar-refractivity contribution in [3.63, 3.8) is 0 Å². The monoisotopic (exact) mass is 270 g/mol. The molecule has 0 saturated heterocycles. The summed E-state index contributed by atoms with van der Waals surface area (Å²) in [6, 6.07) is 6.83. The predicted molar refractivity (Wildman–Crippen MR) is 73.8 cm³/mol. The van der Waals surface area contributed by atoms with Crippen LogP contribution in [0.4, 0.5) is 5.69 Å². The van der Waals surface area contributed by atoms with Crippen LogP contribution in [0.5, 0.6) is 0 Å². The highest BCUT2D eigenvalue weighted by atomic mass is 35.5. The van der Waals surface area contributed by atoms with E-state index in [-0.39, 0.29) is 24.4 Å². The van der Waals surface area contributed by atoms with Crippen LogP contribution in [-0.2, 0) is 0 Å². The van der Waals surface area contributed by atoms with Gasteiger partial charge in [-0.3, -0.25) is 4.79 Å². The topological polar surface area (TPSA) is 75.4 Å². The molecule has 0 spiro atoms. The highest BCUT2D eigenvalue weighted by molar-refractivity contribution is 5.99. The molecule has 0 aromatic heterocycles. The van der Waals surface area contributed by atoms with Crippen molar-refractivity contribution in [3.05, 3.63) is 29.8 Å². The van der Waals surface area contributed by atoms with Crippen molar-refractivity contribution in [3.8, 4) is 0 Å². The zero-order valence-corrected chi connectivity index (χ0v) is 11.0. The number of benzene rings is 1. The molecule has 0 bridgehead atoms. The van der Waals surface area contributed by atoms with Crippen LogP contribution in [0, 0.1) is 0 Å². The summed E-state index contributed by atoms with van der Waals surface area (Å²) in [5, 5.41) is 12.6. The molecule has 1 fully saturated rings. The Balaban J connectivity index is 0.00000162. The average molecular weight is 271 g/mol. The Morgan fingerprint density at radius 3 is 2.61 bits per heavy atom. The molecule has 2 atom stereocenters. The first-order chi connectivity index (χ1) is 8.18. The maximum Gasteiger partial charge on any atom is 0.253 e. The highest BCUT2D eigenvalue weighted by Crippen LogP contribution is 2.19. The Morgan fingerprint density at radius 1 is 1.28 bits per heavy atom. The van der Waals surface area contributed by atoms with Crippen LogP contribution in [0.2, 0.25) is 0 Å². The van der Waals surface area contributed by atoms with Gasteiger partial charge in [0.2, 0.25) is 0 Å². The van der Waals surface area contributed by atoms with Gasteiger partial charge in [-0.2, -0.15) is 0 Å². The lowest BCUT2D eigenvalue weighted by molar-refractivity contribution is 0.0718. The number of aliphatic hydroxyl groups is 1. The van der Waals surface area contributed by atoms with E-state index in [0.717, 1.165) is 25.7 Å². The van der Waals surface area contributed by atoms with Gasteiger partial charge < -0.3 is 16.2 Å². The first-order valence-corrected chi connectivity index (χ1v) is 6.02. The summed E-state index contributed by atoms with van der Waals surface area (Å²) < 4.78 is 0. The Labute approximate surface area is 113 Å². The van der Waals surface area contributed by atoms with Crippen molar-refractivity contribution >= 4 is 24.0 Å².